The van der Waals surface area contributed by atoms with Gasteiger partial charge in [0, 0.05) is 30.0 Å². The molecule has 0 aromatic heterocycles. The molecule has 3 aromatic rings. The van der Waals surface area contributed by atoms with Gasteiger partial charge in [0.05, 0.1) is 13.2 Å². The predicted octanol–water partition coefficient (Wildman–Crippen LogP) is 5.03. The quantitative estimate of drug-likeness (QED) is 0.562. The Morgan fingerprint density at radius 1 is 0.967 bits per heavy atom. The maximum absolute atomic E-state index is 9.90. The number of phenolic OH excluding ortho intramolecular Hbond substituents is 1. The zero-order chi connectivity index (χ0) is 20.9. The Labute approximate surface area is 178 Å². The first-order valence-electron chi connectivity index (χ1n) is 10.5. The molecule has 30 heavy (non-hydrogen) atoms. The molecule has 1 N–H and O–H groups in total. The van der Waals surface area contributed by atoms with Gasteiger partial charge in [0.1, 0.15) is 17.2 Å². The van der Waals surface area contributed by atoms with E-state index in [4.69, 9.17) is 9.47 Å². The van der Waals surface area contributed by atoms with Crippen LogP contribution in [-0.2, 0) is 0 Å². The highest BCUT2D eigenvalue weighted by molar-refractivity contribution is 5.50. The molecule has 156 valence electrons. The van der Waals surface area contributed by atoms with E-state index in [2.05, 4.69) is 67.5 Å². The summed E-state index contributed by atoms with van der Waals surface area (Å²) in [5.41, 5.74) is 3.58. The number of ether oxygens (including phenoxy) is 2. The first-order chi connectivity index (χ1) is 14.6. The Hall–Kier alpha value is -2.98. The molecule has 0 fully saturated rings. The van der Waals surface area contributed by atoms with Crippen molar-refractivity contribution in [2.45, 2.75) is 18.3 Å². The summed E-state index contributed by atoms with van der Waals surface area (Å²) in [7, 11) is 4.15. The number of rotatable bonds is 7. The minimum Gasteiger partial charge on any atom is -0.508 e. The Morgan fingerprint density at radius 2 is 1.73 bits per heavy atom. The first-order valence-corrected chi connectivity index (χ1v) is 10.5. The summed E-state index contributed by atoms with van der Waals surface area (Å²) in [4.78, 5) is 2.16. The fraction of sp³-hybridized carbons (Fsp3) is 0.308. The molecule has 4 rings (SSSR count). The van der Waals surface area contributed by atoms with Gasteiger partial charge >= 0.3 is 0 Å². The van der Waals surface area contributed by atoms with Gasteiger partial charge in [-0.05, 0) is 49.8 Å². The van der Waals surface area contributed by atoms with Crippen LogP contribution in [0.2, 0.25) is 0 Å². The smallest absolute Gasteiger partial charge is 0.126 e. The number of nitrogens with zero attached hydrogens (tertiary/aromatic N) is 1. The molecule has 0 bridgehead atoms. The summed E-state index contributed by atoms with van der Waals surface area (Å²) in [6.45, 7) is 2.31. The zero-order valence-electron chi connectivity index (χ0n) is 17.6. The monoisotopic (exact) mass is 403 g/mol. The van der Waals surface area contributed by atoms with E-state index in [0.717, 1.165) is 30.0 Å². The first kappa shape index (κ1) is 20.3. The van der Waals surface area contributed by atoms with E-state index < -0.39 is 0 Å². The Morgan fingerprint density at radius 3 is 2.47 bits per heavy atom. The van der Waals surface area contributed by atoms with Crippen molar-refractivity contribution >= 4 is 0 Å². The topological polar surface area (TPSA) is 41.9 Å². The van der Waals surface area contributed by atoms with Crippen LogP contribution in [0.25, 0.3) is 0 Å². The molecular formula is C26H29NO3. The fourth-order valence-electron chi connectivity index (χ4n) is 4.14. The van der Waals surface area contributed by atoms with Crippen LogP contribution in [0, 0.1) is 0 Å². The average Bonchev–Trinajstić information content (AvgIpc) is 2.77. The summed E-state index contributed by atoms with van der Waals surface area (Å²) >= 11 is 0. The van der Waals surface area contributed by atoms with Crippen LogP contribution in [0.15, 0.2) is 72.8 Å². The SMILES string of the molecule is CN(C)CCCOc1ccc(C2c3ccc(O)cc3OCC2c2ccccc2)cc1. The van der Waals surface area contributed by atoms with E-state index >= 15 is 0 Å². The second kappa shape index (κ2) is 9.23. The lowest BCUT2D eigenvalue weighted by atomic mass is 9.76. The summed E-state index contributed by atoms with van der Waals surface area (Å²) in [6, 6.07) is 24.4. The van der Waals surface area contributed by atoms with Gasteiger partial charge in [-0.1, -0.05) is 48.5 Å². The lowest BCUT2D eigenvalue weighted by Crippen LogP contribution is -2.25. The molecule has 1 aliphatic rings. The maximum atomic E-state index is 9.90. The molecule has 2 atom stereocenters. The summed E-state index contributed by atoms with van der Waals surface area (Å²) in [6.07, 6.45) is 1.00. The molecule has 3 aromatic carbocycles. The van der Waals surface area contributed by atoms with Gasteiger partial charge in [-0.3, -0.25) is 0 Å². The van der Waals surface area contributed by atoms with E-state index in [1.807, 2.05) is 12.1 Å². The number of phenols is 1. The number of aromatic hydroxyl groups is 1. The van der Waals surface area contributed by atoms with Crippen molar-refractivity contribution in [2.24, 2.45) is 0 Å². The lowest BCUT2D eigenvalue weighted by molar-refractivity contribution is 0.247. The van der Waals surface area contributed by atoms with Crippen LogP contribution in [0.3, 0.4) is 0 Å². The van der Waals surface area contributed by atoms with Gasteiger partial charge in [0.15, 0.2) is 0 Å². The molecule has 4 heteroatoms. The molecule has 0 spiro atoms. The van der Waals surface area contributed by atoms with E-state index in [1.54, 1.807) is 12.1 Å². The van der Waals surface area contributed by atoms with E-state index in [-0.39, 0.29) is 17.6 Å². The zero-order valence-corrected chi connectivity index (χ0v) is 17.6. The molecule has 0 amide bonds. The molecule has 0 radical (unpaired) electrons. The van der Waals surface area contributed by atoms with Crippen LogP contribution in [-0.4, -0.2) is 43.9 Å². The van der Waals surface area contributed by atoms with Gasteiger partial charge in [0.25, 0.3) is 0 Å². The third-order valence-corrected chi connectivity index (χ3v) is 5.64. The van der Waals surface area contributed by atoms with Crippen molar-refractivity contribution in [1.82, 2.24) is 4.90 Å². The number of hydrogen-bond acceptors (Lipinski definition) is 4. The Bertz CT molecular complexity index is 954. The Balaban J connectivity index is 1.60. The second-order valence-corrected chi connectivity index (χ2v) is 8.10. The summed E-state index contributed by atoms with van der Waals surface area (Å²) < 4.78 is 12.0. The van der Waals surface area contributed by atoms with Crippen LogP contribution in [0.1, 0.15) is 34.9 Å². The van der Waals surface area contributed by atoms with Gasteiger partial charge < -0.3 is 19.5 Å². The van der Waals surface area contributed by atoms with Crippen LogP contribution in [0.5, 0.6) is 17.2 Å². The number of hydrogen-bond donors (Lipinski definition) is 1. The third-order valence-electron chi connectivity index (χ3n) is 5.64. The van der Waals surface area contributed by atoms with Crippen LogP contribution < -0.4 is 9.47 Å². The molecule has 0 aliphatic carbocycles. The minimum atomic E-state index is 0.152. The summed E-state index contributed by atoms with van der Waals surface area (Å²) in [5, 5.41) is 9.90. The van der Waals surface area contributed by atoms with Crippen molar-refractivity contribution in [3.63, 3.8) is 0 Å². The normalized spacial score (nSPS) is 18.0. The van der Waals surface area contributed by atoms with Crippen molar-refractivity contribution in [3.05, 3.63) is 89.5 Å². The van der Waals surface area contributed by atoms with E-state index in [1.165, 1.54) is 11.1 Å². The molecular weight excluding hydrogens is 374 g/mol. The standard InChI is InChI=1S/C26H29NO3/c1-27(2)15-6-16-29-22-12-9-20(10-13-22)26-23-14-11-21(28)17-25(23)30-18-24(26)19-7-4-3-5-8-19/h3-5,7-14,17,24,26,28H,6,15-16,18H2,1-2H3. The highest BCUT2D eigenvalue weighted by atomic mass is 16.5. The summed E-state index contributed by atoms with van der Waals surface area (Å²) in [5.74, 6) is 2.24. The largest absolute Gasteiger partial charge is 0.508 e. The molecule has 0 saturated carbocycles. The van der Waals surface area contributed by atoms with Crippen LogP contribution in [0.4, 0.5) is 0 Å². The van der Waals surface area contributed by atoms with Crippen LogP contribution >= 0.6 is 0 Å². The molecule has 1 aliphatic heterocycles. The van der Waals surface area contributed by atoms with Gasteiger partial charge in [-0.15, -0.1) is 0 Å². The maximum Gasteiger partial charge on any atom is 0.126 e. The van der Waals surface area contributed by atoms with Gasteiger partial charge in [-0.25, -0.2) is 0 Å². The van der Waals surface area contributed by atoms with Crippen molar-refractivity contribution in [3.8, 4) is 17.2 Å². The van der Waals surface area contributed by atoms with Crippen molar-refractivity contribution < 1.29 is 14.6 Å². The lowest BCUT2D eigenvalue weighted by Gasteiger charge is -2.34. The molecule has 2 unspecified atom stereocenters. The number of fused-ring (bicyclic) bond motifs is 1. The highest BCUT2D eigenvalue weighted by Gasteiger charge is 2.33. The minimum absolute atomic E-state index is 0.152. The average molecular weight is 404 g/mol. The molecule has 0 saturated heterocycles. The van der Waals surface area contributed by atoms with Gasteiger partial charge in [0.2, 0.25) is 0 Å². The van der Waals surface area contributed by atoms with Gasteiger partial charge in [-0.2, -0.15) is 0 Å². The third kappa shape index (κ3) is 4.60. The Kier molecular flexibility index (Phi) is 6.24. The van der Waals surface area contributed by atoms with E-state index in [9.17, 15) is 5.11 Å². The van der Waals surface area contributed by atoms with Crippen molar-refractivity contribution in [2.75, 3.05) is 33.9 Å². The predicted molar refractivity (Wildman–Crippen MR) is 120 cm³/mol. The number of benzene rings is 3. The van der Waals surface area contributed by atoms with E-state index in [0.29, 0.717) is 13.2 Å². The molecule has 4 nitrogen and oxygen atoms in total. The molecule has 1 heterocycles. The van der Waals surface area contributed by atoms with Crippen molar-refractivity contribution in [1.29, 1.82) is 0 Å². The highest BCUT2D eigenvalue weighted by Crippen LogP contribution is 2.47. The fourth-order valence-corrected chi connectivity index (χ4v) is 4.14. The second-order valence-electron chi connectivity index (χ2n) is 8.10.